The zero-order chi connectivity index (χ0) is 22.0. The van der Waals surface area contributed by atoms with Gasteiger partial charge in [0.15, 0.2) is 0 Å². The van der Waals surface area contributed by atoms with Crippen LogP contribution in [0.3, 0.4) is 0 Å². The summed E-state index contributed by atoms with van der Waals surface area (Å²) in [5, 5.41) is 9.99. The molecule has 1 aromatic heterocycles. The zero-order valence-electron chi connectivity index (χ0n) is 19.0. The Labute approximate surface area is 191 Å². The van der Waals surface area contributed by atoms with Gasteiger partial charge in [0.2, 0.25) is 5.91 Å². The van der Waals surface area contributed by atoms with Gasteiger partial charge < -0.3 is 9.64 Å². The van der Waals surface area contributed by atoms with Crippen molar-refractivity contribution in [2.75, 3.05) is 45.9 Å². The number of fused-ring (bicyclic) bond motifs is 2. The maximum Gasteiger partial charge on any atom is 0.243 e. The third kappa shape index (κ3) is 4.41. The Bertz CT molecular complexity index is 810. The molecule has 0 N–H and O–H groups in total. The molecule has 4 aliphatic rings. The average molecular weight is 438 g/mol. The van der Waals surface area contributed by atoms with Gasteiger partial charge in [-0.15, -0.1) is 0 Å². The van der Waals surface area contributed by atoms with Crippen molar-refractivity contribution in [1.29, 1.82) is 5.26 Å². The normalized spacial score (nSPS) is 28.7. The highest BCUT2D eigenvalue weighted by atomic mass is 16.5. The molecule has 4 fully saturated rings. The molecule has 0 aromatic carbocycles. The molecular weight excluding hydrogens is 402 g/mol. The molecule has 2 atom stereocenters. The average Bonchev–Trinajstić information content (AvgIpc) is 2.86. The number of hydrogen-bond donors (Lipinski definition) is 0. The van der Waals surface area contributed by atoms with Crippen molar-refractivity contribution in [3.05, 3.63) is 30.1 Å². The van der Waals surface area contributed by atoms with E-state index in [9.17, 15) is 10.1 Å². The van der Waals surface area contributed by atoms with Crippen LogP contribution in [-0.2, 0) is 16.1 Å². The Morgan fingerprint density at radius 2 is 1.81 bits per heavy atom. The lowest BCUT2D eigenvalue weighted by molar-refractivity contribution is -0.143. The standard InChI is InChI=1S/C25H35N5O2/c26-19-25(6-13-28(14-7-25)16-21-1-8-27-9-2-21)24(31)29-10-3-20(4-11-29)5-12-30-22-15-23(30)18-32-17-22/h1-2,8-9,20,22-23H,3-7,10-18H2. The summed E-state index contributed by atoms with van der Waals surface area (Å²) >= 11 is 0. The fraction of sp³-hybridized carbons (Fsp3) is 0.720. The second kappa shape index (κ2) is 9.46. The van der Waals surface area contributed by atoms with Gasteiger partial charge in [0.25, 0.3) is 0 Å². The number of hydrogen-bond acceptors (Lipinski definition) is 6. The molecule has 5 rings (SSSR count). The number of likely N-dealkylation sites (tertiary alicyclic amines) is 2. The summed E-state index contributed by atoms with van der Waals surface area (Å²) in [6.45, 7) is 7.04. The van der Waals surface area contributed by atoms with E-state index in [1.54, 1.807) is 0 Å². The molecule has 0 radical (unpaired) electrons. The first-order chi connectivity index (χ1) is 15.7. The van der Waals surface area contributed by atoms with Crippen LogP contribution >= 0.6 is 0 Å². The van der Waals surface area contributed by atoms with Gasteiger partial charge in [-0.2, -0.15) is 5.26 Å². The molecule has 2 bridgehead atoms. The van der Waals surface area contributed by atoms with Crippen LogP contribution in [-0.4, -0.2) is 83.6 Å². The third-order valence-electron chi connectivity index (χ3n) is 8.29. The molecule has 1 amide bonds. The largest absolute Gasteiger partial charge is 0.378 e. The van der Waals surface area contributed by atoms with Gasteiger partial charge in [0.1, 0.15) is 5.41 Å². The number of pyridine rings is 1. The van der Waals surface area contributed by atoms with Crippen molar-refractivity contribution >= 4 is 5.91 Å². The van der Waals surface area contributed by atoms with E-state index in [-0.39, 0.29) is 5.91 Å². The number of morpholine rings is 1. The van der Waals surface area contributed by atoms with Crippen LogP contribution in [0.5, 0.6) is 0 Å². The van der Waals surface area contributed by atoms with Crippen LogP contribution < -0.4 is 0 Å². The minimum atomic E-state index is -0.837. The Hall–Kier alpha value is -2.01. The van der Waals surface area contributed by atoms with Gasteiger partial charge in [0.05, 0.1) is 19.3 Å². The Morgan fingerprint density at radius 1 is 1.12 bits per heavy atom. The fourth-order valence-corrected chi connectivity index (χ4v) is 6.05. The number of rotatable bonds is 6. The minimum Gasteiger partial charge on any atom is -0.378 e. The van der Waals surface area contributed by atoms with Crippen molar-refractivity contribution in [2.24, 2.45) is 11.3 Å². The Morgan fingerprint density at radius 3 is 2.44 bits per heavy atom. The van der Waals surface area contributed by atoms with Gasteiger partial charge in [-0.05, 0) is 68.7 Å². The van der Waals surface area contributed by atoms with Crippen molar-refractivity contribution < 1.29 is 9.53 Å². The minimum absolute atomic E-state index is 0.0800. The molecule has 5 heterocycles. The second-order valence-corrected chi connectivity index (χ2v) is 10.2. The van der Waals surface area contributed by atoms with Crippen molar-refractivity contribution in [3.63, 3.8) is 0 Å². The summed E-state index contributed by atoms with van der Waals surface area (Å²) in [4.78, 5) is 24.4. The summed E-state index contributed by atoms with van der Waals surface area (Å²) in [5.74, 6) is 0.776. The molecule has 2 unspecified atom stereocenters. The van der Waals surface area contributed by atoms with Crippen molar-refractivity contribution in [1.82, 2.24) is 19.7 Å². The smallest absolute Gasteiger partial charge is 0.243 e. The predicted molar refractivity (Wildman–Crippen MR) is 120 cm³/mol. The third-order valence-corrected chi connectivity index (χ3v) is 8.29. The summed E-state index contributed by atoms with van der Waals surface area (Å²) in [6, 6.07) is 7.80. The Balaban J connectivity index is 1.08. The number of nitrogens with zero attached hydrogens (tertiary/aromatic N) is 5. The van der Waals surface area contributed by atoms with Crippen LogP contribution in [0.25, 0.3) is 0 Å². The summed E-state index contributed by atoms with van der Waals surface area (Å²) in [6.07, 6.45) is 9.57. The van der Waals surface area contributed by atoms with Gasteiger partial charge in [0, 0.05) is 57.2 Å². The molecule has 0 saturated carbocycles. The highest BCUT2D eigenvalue weighted by molar-refractivity contribution is 5.85. The first kappa shape index (κ1) is 21.8. The van der Waals surface area contributed by atoms with Gasteiger partial charge in [-0.3, -0.25) is 19.6 Å². The predicted octanol–water partition coefficient (Wildman–Crippen LogP) is 2.29. The molecule has 1 aromatic rings. The lowest BCUT2D eigenvalue weighted by atomic mass is 9.77. The molecule has 4 aliphatic heterocycles. The van der Waals surface area contributed by atoms with E-state index >= 15 is 0 Å². The van der Waals surface area contributed by atoms with E-state index in [2.05, 4.69) is 20.9 Å². The first-order valence-electron chi connectivity index (χ1n) is 12.3. The maximum atomic E-state index is 13.4. The molecule has 172 valence electrons. The fourth-order valence-electron chi connectivity index (χ4n) is 6.05. The van der Waals surface area contributed by atoms with Crippen LogP contribution in [0.15, 0.2) is 24.5 Å². The number of carbonyl (C=O) groups is 1. The monoisotopic (exact) mass is 437 g/mol. The SMILES string of the molecule is N#CC1(C(=O)N2CCC(CCN3C4COCC3C4)CC2)CCN(Cc2ccncc2)CC1. The highest BCUT2D eigenvalue weighted by Crippen LogP contribution is 2.36. The van der Waals surface area contributed by atoms with Crippen LogP contribution in [0.1, 0.15) is 44.1 Å². The lowest BCUT2D eigenvalue weighted by Crippen LogP contribution is -2.63. The maximum absolute atomic E-state index is 13.4. The topological polar surface area (TPSA) is 72.7 Å². The number of nitriles is 1. The van der Waals surface area contributed by atoms with E-state index in [1.807, 2.05) is 29.4 Å². The van der Waals surface area contributed by atoms with E-state index in [1.165, 1.54) is 24.9 Å². The number of piperidine rings is 2. The first-order valence-corrected chi connectivity index (χ1v) is 12.3. The molecule has 0 spiro atoms. The van der Waals surface area contributed by atoms with Gasteiger partial charge in [-0.25, -0.2) is 0 Å². The number of ether oxygens (including phenoxy) is 1. The molecule has 7 nitrogen and oxygen atoms in total. The molecule has 4 saturated heterocycles. The Kier molecular flexibility index (Phi) is 6.45. The van der Waals surface area contributed by atoms with Crippen LogP contribution in [0.2, 0.25) is 0 Å². The number of amides is 1. The van der Waals surface area contributed by atoms with Gasteiger partial charge in [-0.1, -0.05) is 0 Å². The van der Waals surface area contributed by atoms with Crippen molar-refractivity contribution in [2.45, 2.75) is 57.2 Å². The van der Waals surface area contributed by atoms with E-state index in [4.69, 9.17) is 4.74 Å². The summed E-state index contributed by atoms with van der Waals surface area (Å²) in [5.41, 5.74) is 0.392. The van der Waals surface area contributed by atoms with E-state index in [0.717, 1.165) is 58.8 Å². The quantitative estimate of drug-likeness (QED) is 0.680. The molecule has 7 heteroatoms. The summed E-state index contributed by atoms with van der Waals surface area (Å²) in [7, 11) is 0. The summed E-state index contributed by atoms with van der Waals surface area (Å²) < 4.78 is 5.59. The number of aromatic nitrogens is 1. The van der Waals surface area contributed by atoms with Gasteiger partial charge >= 0.3 is 0 Å². The van der Waals surface area contributed by atoms with Crippen LogP contribution in [0, 0.1) is 22.7 Å². The number of carbonyl (C=O) groups excluding carboxylic acids is 1. The second-order valence-electron chi connectivity index (χ2n) is 10.2. The van der Waals surface area contributed by atoms with Crippen molar-refractivity contribution in [3.8, 4) is 6.07 Å². The van der Waals surface area contributed by atoms with E-state index in [0.29, 0.717) is 30.8 Å². The molecular formula is C25H35N5O2. The lowest BCUT2D eigenvalue weighted by Gasteiger charge is -2.53. The highest BCUT2D eigenvalue weighted by Gasteiger charge is 2.45. The van der Waals surface area contributed by atoms with Crippen LogP contribution in [0.4, 0.5) is 0 Å². The molecule has 0 aliphatic carbocycles. The molecule has 32 heavy (non-hydrogen) atoms. The zero-order valence-corrected chi connectivity index (χ0v) is 19.0. The van der Waals surface area contributed by atoms with E-state index < -0.39 is 5.41 Å².